The predicted octanol–water partition coefficient (Wildman–Crippen LogP) is 4.63. The summed E-state index contributed by atoms with van der Waals surface area (Å²) in [5.74, 6) is -0.187. The molecule has 22 heavy (non-hydrogen) atoms. The minimum absolute atomic E-state index is 0.711. The van der Waals surface area contributed by atoms with Crippen molar-refractivity contribution in [1.82, 2.24) is 4.57 Å². The summed E-state index contributed by atoms with van der Waals surface area (Å²) in [6.07, 6.45) is 9.53. The number of carboxylic acid groups (broad SMARTS) is 1. The van der Waals surface area contributed by atoms with Crippen molar-refractivity contribution in [3.8, 4) is 0 Å². The van der Waals surface area contributed by atoms with Crippen LogP contribution in [0.1, 0.15) is 43.4 Å². The normalized spacial score (nSPS) is 16.6. The van der Waals surface area contributed by atoms with Crippen LogP contribution >= 0.6 is 0 Å². The molecule has 0 saturated heterocycles. The lowest BCUT2D eigenvalue weighted by Crippen LogP contribution is -2.14. The Kier molecular flexibility index (Phi) is 4.32. The average Bonchev–Trinajstić information content (AvgIpc) is 2.83. The first kappa shape index (κ1) is 14.9. The zero-order valence-electron chi connectivity index (χ0n) is 13.1. The van der Waals surface area contributed by atoms with Crippen molar-refractivity contribution < 1.29 is 9.90 Å². The molecule has 0 spiro atoms. The molecule has 2 aromatic rings. The Hall–Kier alpha value is -2.03. The maximum atomic E-state index is 10.8. The van der Waals surface area contributed by atoms with Crippen LogP contribution in [0.15, 0.2) is 30.3 Å². The van der Waals surface area contributed by atoms with E-state index in [1.807, 2.05) is 0 Å². The van der Waals surface area contributed by atoms with Gasteiger partial charge in [-0.3, -0.25) is 0 Å². The maximum absolute atomic E-state index is 10.8. The van der Waals surface area contributed by atoms with E-state index >= 15 is 0 Å². The van der Waals surface area contributed by atoms with Gasteiger partial charge in [0.1, 0.15) is 0 Å². The molecule has 0 amide bonds. The predicted molar refractivity (Wildman–Crippen MR) is 89.9 cm³/mol. The van der Waals surface area contributed by atoms with Gasteiger partial charge >= 0.3 is 5.97 Å². The highest BCUT2D eigenvalue weighted by atomic mass is 16.4. The molecule has 1 aliphatic rings. The van der Waals surface area contributed by atoms with Crippen molar-refractivity contribution in [3.63, 3.8) is 0 Å². The van der Waals surface area contributed by atoms with Crippen LogP contribution in [-0.2, 0) is 11.3 Å². The van der Waals surface area contributed by atoms with E-state index in [1.54, 1.807) is 6.08 Å². The summed E-state index contributed by atoms with van der Waals surface area (Å²) in [4.78, 5) is 10.8. The monoisotopic (exact) mass is 297 g/mol. The fraction of sp³-hybridized carbons (Fsp3) is 0.421. The molecule has 3 heteroatoms. The van der Waals surface area contributed by atoms with E-state index in [0.29, 0.717) is 5.92 Å². The molecular weight excluding hydrogens is 274 g/mol. The molecule has 0 radical (unpaired) electrons. The second-order valence-electron chi connectivity index (χ2n) is 6.42. The summed E-state index contributed by atoms with van der Waals surface area (Å²) in [6, 6.07) is 8.56. The summed E-state index contributed by atoms with van der Waals surface area (Å²) >= 11 is 0. The molecule has 1 aliphatic carbocycles. The lowest BCUT2D eigenvalue weighted by Gasteiger charge is -2.23. The number of aromatic nitrogens is 1. The van der Waals surface area contributed by atoms with Crippen LogP contribution in [0.3, 0.4) is 0 Å². The van der Waals surface area contributed by atoms with Crippen LogP contribution in [-0.4, -0.2) is 15.6 Å². The number of nitrogens with zero attached hydrogens (tertiary/aromatic N) is 1. The highest BCUT2D eigenvalue weighted by molar-refractivity contribution is 5.88. The Labute approximate surface area is 131 Å². The number of benzene rings is 1. The number of carboxylic acids is 1. The molecule has 0 atom stereocenters. The molecule has 0 unspecified atom stereocenters. The largest absolute Gasteiger partial charge is 0.478 e. The highest BCUT2D eigenvalue weighted by Gasteiger charge is 2.16. The zero-order valence-corrected chi connectivity index (χ0v) is 13.1. The van der Waals surface area contributed by atoms with E-state index in [0.717, 1.165) is 12.2 Å². The van der Waals surface area contributed by atoms with E-state index in [2.05, 4.69) is 35.8 Å². The van der Waals surface area contributed by atoms with Gasteiger partial charge in [0.25, 0.3) is 0 Å². The van der Waals surface area contributed by atoms with Gasteiger partial charge in [-0.1, -0.05) is 30.9 Å². The van der Waals surface area contributed by atoms with Crippen molar-refractivity contribution >= 4 is 22.9 Å². The second kappa shape index (κ2) is 6.39. The molecule has 1 aromatic heterocycles. The molecule has 0 bridgehead atoms. The third-order valence-corrected chi connectivity index (χ3v) is 4.65. The van der Waals surface area contributed by atoms with Gasteiger partial charge in [-0.2, -0.15) is 0 Å². The Balaban J connectivity index is 1.99. The van der Waals surface area contributed by atoms with Crippen LogP contribution < -0.4 is 0 Å². The summed E-state index contributed by atoms with van der Waals surface area (Å²) < 4.78 is 2.30. The van der Waals surface area contributed by atoms with E-state index in [4.69, 9.17) is 5.11 Å². The molecule has 1 heterocycles. The minimum atomic E-state index is -0.898. The third kappa shape index (κ3) is 3.24. The quantitative estimate of drug-likeness (QED) is 0.836. The van der Waals surface area contributed by atoms with Gasteiger partial charge < -0.3 is 9.67 Å². The van der Waals surface area contributed by atoms with E-state index < -0.39 is 5.97 Å². The van der Waals surface area contributed by atoms with Gasteiger partial charge in [-0.05, 0) is 50.0 Å². The summed E-state index contributed by atoms with van der Waals surface area (Å²) in [7, 11) is 0. The Morgan fingerprint density at radius 2 is 2.05 bits per heavy atom. The highest BCUT2D eigenvalue weighted by Crippen LogP contribution is 2.29. The lowest BCUT2D eigenvalue weighted by molar-refractivity contribution is -0.131. The summed E-state index contributed by atoms with van der Waals surface area (Å²) in [5.41, 5.74) is 3.44. The molecule has 0 aliphatic heterocycles. The number of fused-ring (bicyclic) bond motifs is 1. The Morgan fingerprint density at radius 3 is 2.77 bits per heavy atom. The summed E-state index contributed by atoms with van der Waals surface area (Å²) in [5, 5.41) is 10.1. The molecule has 3 rings (SSSR count). The number of rotatable bonds is 4. The molecule has 1 fully saturated rings. The maximum Gasteiger partial charge on any atom is 0.328 e. The van der Waals surface area contributed by atoms with Crippen LogP contribution in [0.4, 0.5) is 0 Å². The number of hydrogen-bond donors (Lipinski definition) is 1. The van der Waals surface area contributed by atoms with Crippen LogP contribution in [0, 0.1) is 12.8 Å². The lowest BCUT2D eigenvalue weighted by atomic mass is 9.89. The first-order chi connectivity index (χ1) is 10.6. The first-order valence-corrected chi connectivity index (χ1v) is 8.14. The van der Waals surface area contributed by atoms with Crippen molar-refractivity contribution in [2.24, 2.45) is 5.92 Å². The molecule has 116 valence electrons. The van der Waals surface area contributed by atoms with Gasteiger partial charge in [0, 0.05) is 29.2 Å². The molecule has 1 N–H and O–H groups in total. The van der Waals surface area contributed by atoms with E-state index in [1.165, 1.54) is 54.6 Å². The molecule has 3 nitrogen and oxygen atoms in total. The smallest absolute Gasteiger partial charge is 0.328 e. The number of aryl methyl sites for hydroxylation is 1. The zero-order chi connectivity index (χ0) is 15.5. The minimum Gasteiger partial charge on any atom is -0.478 e. The molecule has 1 saturated carbocycles. The fourth-order valence-electron chi connectivity index (χ4n) is 3.54. The van der Waals surface area contributed by atoms with Gasteiger partial charge in [-0.15, -0.1) is 0 Å². The van der Waals surface area contributed by atoms with Crippen molar-refractivity contribution in [3.05, 3.63) is 41.6 Å². The van der Waals surface area contributed by atoms with Gasteiger partial charge in [-0.25, -0.2) is 4.79 Å². The Morgan fingerprint density at radius 1 is 1.27 bits per heavy atom. The average molecular weight is 297 g/mol. The van der Waals surface area contributed by atoms with E-state index in [-0.39, 0.29) is 0 Å². The first-order valence-electron chi connectivity index (χ1n) is 8.14. The third-order valence-electron chi connectivity index (χ3n) is 4.65. The molecule has 1 aromatic carbocycles. The van der Waals surface area contributed by atoms with Crippen molar-refractivity contribution in [1.29, 1.82) is 0 Å². The SMILES string of the molecule is Cc1ccc2c(c1)cc(/C=C/C(=O)O)n2CC1CCCCC1. The van der Waals surface area contributed by atoms with Gasteiger partial charge in [0.2, 0.25) is 0 Å². The second-order valence-corrected chi connectivity index (χ2v) is 6.42. The summed E-state index contributed by atoms with van der Waals surface area (Å²) in [6.45, 7) is 3.08. The van der Waals surface area contributed by atoms with E-state index in [9.17, 15) is 4.79 Å². The van der Waals surface area contributed by atoms with Crippen LogP contribution in [0.5, 0.6) is 0 Å². The number of carbonyl (C=O) groups is 1. The van der Waals surface area contributed by atoms with Crippen molar-refractivity contribution in [2.75, 3.05) is 0 Å². The van der Waals surface area contributed by atoms with Crippen molar-refractivity contribution in [2.45, 2.75) is 45.6 Å². The number of hydrogen-bond acceptors (Lipinski definition) is 1. The topological polar surface area (TPSA) is 42.2 Å². The van der Waals surface area contributed by atoms with Crippen LogP contribution in [0.25, 0.3) is 17.0 Å². The number of aliphatic carboxylic acids is 1. The van der Waals surface area contributed by atoms with Gasteiger partial charge in [0.05, 0.1) is 0 Å². The van der Waals surface area contributed by atoms with Crippen LogP contribution in [0.2, 0.25) is 0 Å². The molecular formula is C19H23NO2. The Bertz CT molecular complexity index is 706. The van der Waals surface area contributed by atoms with Gasteiger partial charge in [0.15, 0.2) is 0 Å². The fourth-order valence-corrected chi connectivity index (χ4v) is 3.54. The standard InChI is InChI=1S/C19H23NO2/c1-14-7-9-18-16(11-14)12-17(8-10-19(21)22)20(18)13-15-5-3-2-4-6-15/h7-12,15H,2-6,13H2,1H3,(H,21,22)/b10-8+.